The second-order valence-corrected chi connectivity index (χ2v) is 1.94. The van der Waals surface area contributed by atoms with Crippen LogP contribution in [0.15, 0.2) is 0 Å². The number of hydrogen-bond acceptors (Lipinski definition) is 4. The van der Waals surface area contributed by atoms with Gasteiger partial charge in [0.15, 0.2) is 6.10 Å². The molecule has 0 aliphatic heterocycles. The van der Waals surface area contributed by atoms with E-state index in [1.54, 1.807) is 0 Å². The summed E-state index contributed by atoms with van der Waals surface area (Å²) in [5.41, 5.74) is 0. The van der Waals surface area contributed by atoms with Crippen molar-refractivity contribution in [3.05, 3.63) is 0 Å². The fourth-order valence-corrected chi connectivity index (χ4v) is 0.635. The van der Waals surface area contributed by atoms with E-state index in [9.17, 15) is 4.79 Å². The average Bonchev–Trinajstić information content (AvgIpc) is 1.99. The minimum absolute atomic E-state index is 0.413. The Morgan fingerprint density at radius 3 is 2.60 bits per heavy atom. The first-order chi connectivity index (χ1) is 4.76. The number of carbonyl (C=O) groups excluding carboxylic acids is 1. The molecule has 0 radical (unpaired) electrons. The van der Waals surface area contributed by atoms with Crippen molar-refractivity contribution < 1.29 is 14.4 Å². The third-order valence-corrected chi connectivity index (χ3v) is 1.18. The highest BCUT2D eigenvalue weighted by Crippen LogP contribution is 2.00. The molecule has 0 bridgehead atoms. The summed E-state index contributed by atoms with van der Waals surface area (Å²) in [6.45, 7) is 1.94. The van der Waals surface area contributed by atoms with Gasteiger partial charge >= 0.3 is 5.97 Å². The van der Waals surface area contributed by atoms with Crippen LogP contribution in [0, 0.1) is 0 Å². The van der Waals surface area contributed by atoms with E-state index in [1.165, 1.54) is 7.11 Å². The Balaban J connectivity index is 3.68. The highest BCUT2D eigenvalue weighted by atomic mass is 16.6. The zero-order valence-electron chi connectivity index (χ0n) is 6.29. The molecule has 0 rings (SSSR count). The number of hydrogen-bond donors (Lipinski definition) is 1. The first-order valence-corrected chi connectivity index (χ1v) is 3.19. The summed E-state index contributed by atoms with van der Waals surface area (Å²) in [5.74, 6) is 4.42. The molecule has 0 heterocycles. The normalized spacial score (nSPS) is 12.7. The first-order valence-electron chi connectivity index (χ1n) is 3.19. The fourth-order valence-electron chi connectivity index (χ4n) is 0.635. The molecule has 4 nitrogen and oxygen atoms in total. The van der Waals surface area contributed by atoms with Crippen molar-refractivity contribution in [3.8, 4) is 0 Å². The molecule has 0 aromatic carbocycles. The van der Waals surface area contributed by atoms with Crippen molar-refractivity contribution >= 4 is 5.97 Å². The molecule has 0 saturated carbocycles. The number of ether oxygens (including phenoxy) is 1. The van der Waals surface area contributed by atoms with Crippen LogP contribution in [0.1, 0.15) is 19.8 Å². The summed E-state index contributed by atoms with van der Waals surface area (Å²) in [6.07, 6.45) is 0.843. The Bertz CT molecular complexity index is 105. The van der Waals surface area contributed by atoms with Crippen LogP contribution >= 0.6 is 0 Å². The van der Waals surface area contributed by atoms with E-state index >= 15 is 0 Å². The summed E-state index contributed by atoms with van der Waals surface area (Å²) in [4.78, 5) is 15.1. The second kappa shape index (κ2) is 5.20. The highest BCUT2D eigenvalue weighted by Gasteiger charge is 2.16. The second-order valence-electron chi connectivity index (χ2n) is 1.94. The van der Waals surface area contributed by atoms with E-state index in [-0.39, 0.29) is 0 Å². The third kappa shape index (κ3) is 2.80. The van der Waals surface area contributed by atoms with E-state index in [1.807, 2.05) is 6.92 Å². The van der Waals surface area contributed by atoms with Crippen molar-refractivity contribution in [2.24, 2.45) is 5.90 Å². The van der Waals surface area contributed by atoms with Crippen molar-refractivity contribution in [1.82, 2.24) is 0 Å². The number of nitrogens with two attached hydrogens (primary N) is 1. The molecule has 2 N–H and O–H groups in total. The Morgan fingerprint density at radius 2 is 2.30 bits per heavy atom. The highest BCUT2D eigenvalue weighted by molar-refractivity contribution is 5.74. The summed E-state index contributed by atoms with van der Waals surface area (Å²) in [5, 5.41) is 0. The molecule has 4 heteroatoms. The van der Waals surface area contributed by atoms with Crippen LogP contribution in [0.25, 0.3) is 0 Å². The Morgan fingerprint density at radius 1 is 1.70 bits per heavy atom. The summed E-state index contributed by atoms with van der Waals surface area (Å²) in [6, 6.07) is 0. The van der Waals surface area contributed by atoms with Gasteiger partial charge < -0.3 is 4.74 Å². The molecule has 10 heavy (non-hydrogen) atoms. The SMILES string of the molecule is CCCC(ON)C(=O)OC. The van der Waals surface area contributed by atoms with Crippen LogP contribution in [0.5, 0.6) is 0 Å². The molecular weight excluding hydrogens is 134 g/mol. The van der Waals surface area contributed by atoms with Crippen molar-refractivity contribution in [2.45, 2.75) is 25.9 Å². The zero-order chi connectivity index (χ0) is 7.98. The number of esters is 1. The van der Waals surface area contributed by atoms with E-state index in [0.717, 1.165) is 6.42 Å². The molecular formula is C6H13NO3. The van der Waals surface area contributed by atoms with Crippen LogP contribution in [-0.2, 0) is 14.4 Å². The number of methoxy groups -OCH3 is 1. The predicted molar refractivity (Wildman–Crippen MR) is 36.0 cm³/mol. The van der Waals surface area contributed by atoms with Gasteiger partial charge in [0.25, 0.3) is 0 Å². The van der Waals surface area contributed by atoms with Crippen LogP contribution in [0.2, 0.25) is 0 Å². The van der Waals surface area contributed by atoms with Crippen LogP contribution in [0.4, 0.5) is 0 Å². The number of carbonyl (C=O) groups is 1. The van der Waals surface area contributed by atoms with Gasteiger partial charge in [-0.25, -0.2) is 10.7 Å². The van der Waals surface area contributed by atoms with Crippen LogP contribution < -0.4 is 5.90 Å². The quantitative estimate of drug-likeness (QED) is 0.456. The average molecular weight is 147 g/mol. The van der Waals surface area contributed by atoms with Crippen molar-refractivity contribution in [3.63, 3.8) is 0 Å². The molecule has 1 unspecified atom stereocenters. The van der Waals surface area contributed by atoms with Crippen molar-refractivity contribution in [2.75, 3.05) is 7.11 Å². The van der Waals surface area contributed by atoms with E-state index < -0.39 is 12.1 Å². The molecule has 60 valence electrons. The third-order valence-electron chi connectivity index (χ3n) is 1.18. The van der Waals surface area contributed by atoms with Gasteiger partial charge in [-0.15, -0.1) is 0 Å². The Hall–Kier alpha value is -0.610. The monoisotopic (exact) mass is 147 g/mol. The molecule has 0 aliphatic carbocycles. The molecule has 0 saturated heterocycles. The molecule has 1 atom stereocenters. The standard InChI is InChI=1S/C6H13NO3/c1-3-4-5(10-7)6(8)9-2/h5H,3-4,7H2,1-2H3. The maximum absolute atomic E-state index is 10.7. The van der Waals surface area contributed by atoms with E-state index in [0.29, 0.717) is 6.42 Å². The first kappa shape index (κ1) is 9.39. The summed E-state index contributed by atoms with van der Waals surface area (Å²) in [7, 11) is 1.31. The molecule has 0 amide bonds. The van der Waals surface area contributed by atoms with Gasteiger partial charge in [0.1, 0.15) is 0 Å². The van der Waals surface area contributed by atoms with Gasteiger partial charge in [0.2, 0.25) is 0 Å². The lowest BCUT2D eigenvalue weighted by atomic mass is 10.2. The fraction of sp³-hybridized carbons (Fsp3) is 0.833. The molecule has 0 aliphatic rings. The Labute approximate surface area is 60.2 Å². The largest absolute Gasteiger partial charge is 0.467 e. The van der Waals surface area contributed by atoms with Gasteiger partial charge in [0, 0.05) is 0 Å². The van der Waals surface area contributed by atoms with E-state index in [2.05, 4.69) is 9.57 Å². The molecule has 0 aromatic rings. The Kier molecular flexibility index (Phi) is 4.88. The van der Waals surface area contributed by atoms with Gasteiger partial charge in [0.05, 0.1) is 7.11 Å². The van der Waals surface area contributed by atoms with Crippen LogP contribution in [0.3, 0.4) is 0 Å². The minimum Gasteiger partial charge on any atom is -0.467 e. The topological polar surface area (TPSA) is 61.5 Å². The number of rotatable bonds is 4. The van der Waals surface area contributed by atoms with Gasteiger partial charge in [-0.1, -0.05) is 13.3 Å². The molecule has 0 aromatic heterocycles. The minimum atomic E-state index is -0.602. The zero-order valence-corrected chi connectivity index (χ0v) is 6.29. The maximum Gasteiger partial charge on any atom is 0.337 e. The lowest BCUT2D eigenvalue weighted by molar-refractivity contribution is -0.154. The lowest BCUT2D eigenvalue weighted by Crippen LogP contribution is -2.28. The molecule has 0 spiro atoms. The van der Waals surface area contributed by atoms with Gasteiger partial charge in [-0.05, 0) is 6.42 Å². The van der Waals surface area contributed by atoms with Crippen molar-refractivity contribution in [1.29, 1.82) is 0 Å². The smallest absolute Gasteiger partial charge is 0.337 e. The van der Waals surface area contributed by atoms with Crippen LogP contribution in [-0.4, -0.2) is 19.2 Å². The summed E-state index contributed by atoms with van der Waals surface area (Å²) >= 11 is 0. The lowest BCUT2D eigenvalue weighted by Gasteiger charge is -2.09. The molecule has 0 fully saturated rings. The summed E-state index contributed by atoms with van der Waals surface area (Å²) < 4.78 is 4.41. The predicted octanol–water partition coefficient (Wildman–Crippen LogP) is 0.218. The van der Waals surface area contributed by atoms with Gasteiger partial charge in [-0.3, -0.25) is 4.84 Å². The van der Waals surface area contributed by atoms with Gasteiger partial charge in [-0.2, -0.15) is 0 Å². The maximum atomic E-state index is 10.7. The van der Waals surface area contributed by atoms with E-state index in [4.69, 9.17) is 5.90 Å².